The first-order valence-corrected chi connectivity index (χ1v) is 51.5. The molecule has 726 valence electrons. The molecule has 7 aliphatic rings. The topological polar surface area (TPSA) is 435 Å². The molecule has 2 fully saturated rings. The van der Waals surface area contributed by atoms with Crippen LogP contribution in [0.4, 0.5) is 0 Å². The third-order valence-electron chi connectivity index (χ3n) is 27.6. The zero-order valence-corrected chi connectivity index (χ0v) is 84.5. The molecule has 10 N–H and O–H groups in total. The van der Waals surface area contributed by atoms with Crippen molar-refractivity contribution in [2.45, 2.75) is 126 Å². The number of aryl methyl sites for hydroxylation is 3. The maximum absolute atomic E-state index is 13.9. The van der Waals surface area contributed by atoms with Gasteiger partial charge in [-0.1, -0.05) is 150 Å². The molecule has 0 spiro atoms. The fourth-order valence-corrected chi connectivity index (χ4v) is 25.2. The van der Waals surface area contributed by atoms with Crippen LogP contribution in [0.2, 0.25) is 0 Å². The van der Waals surface area contributed by atoms with E-state index in [1.54, 1.807) is 72.2 Å². The van der Waals surface area contributed by atoms with Crippen LogP contribution in [-0.2, 0) is 81.6 Å². The van der Waals surface area contributed by atoms with E-state index in [2.05, 4.69) is 121 Å². The number of piperidine rings is 1. The van der Waals surface area contributed by atoms with Crippen LogP contribution in [0.1, 0.15) is 132 Å². The number of nitriles is 2. The molecule has 0 unspecified atom stereocenters. The highest BCUT2D eigenvalue weighted by Crippen LogP contribution is 2.50. The van der Waals surface area contributed by atoms with E-state index in [0.29, 0.717) is 68.0 Å². The van der Waals surface area contributed by atoms with E-state index in [0.717, 1.165) is 102 Å². The number of carbonyl (C=O) groups is 5. The predicted molar refractivity (Wildman–Crippen MR) is 559 cm³/mol. The first kappa shape index (κ1) is 98.7. The summed E-state index contributed by atoms with van der Waals surface area (Å²) in [5.41, 5.74) is 42.4. The monoisotopic (exact) mass is 1990 g/mol. The van der Waals surface area contributed by atoms with Gasteiger partial charge >= 0.3 is 0 Å². The number of amides is 5. The second-order valence-corrected chi connectivity index (χ2v) is 43.2. The van der Waals surface area contributed by atoms with Crippen LogP contribution in [0.3, 0.4) is 0 Å². The Morgan fingerprint density at radius 1 is 0.479 bits per heavy atom. The van der Waals surface area contributed by atoms with E-state index in [-0.39, 0.29) is 70.5 Å². The van der Waals surface area contributed by atoms with Gasteiger partial charge < -0.3 is 42.3 Å². The van der Waals surface area contributed by atoms with Crippen LogP contribution in [0.5, 0.6) is 0 Å². The third kappa shape index (κ3) is 19.5. The maximum Gasteiger partial charge on any atom is 0.266 e. The number of nitrogens with zero attached hydrogens (tertiary/aromatic N) is 16. The smallest absolute Gasteiger partial charge is 0.266 e. The molecule has 7 aromatic heterocycles. The van der Waals surface area contributed by atoms with Crippen molar-refractivity contribution in [2.75, 3.05) is 47.8 Å². The molecule has 1 saturated heterocycles. The van der Waals surface area contributed by atoms with Crippen molar-refractivity contribution < 1.29 is 41.4 Å². The summed E-state index contributed by atoms with van der Waals surface area (Å²) in [4.78, 5) is 97.3. The molecule has 13 heterocycles. The first-order valence-electron chi connectivity index (χ1n) is 46.4. The van der Waals surface area contributed by atoms with Crippen molar-refractivity contribution in [3.05, 3.63) is 305 Å². The summed E-state index contributed by atoms with van der Waals surface area (Å²) in [7, 11) is 5.42. The van der Waals surface area contributed by atoms with Gasteiger partial charge in [0.05, 0.1) is 75.7 Å². The van der Waals surface area contributed by atoms with Gasteiger partial charge in [0.25, 0.3) is 5.91 Å². The molecule has 142 heavy (non-hydrogen) atoms. The standard InChI is InChI=1S/C24H28N4O3S.2C22H21N5O2S.C20H19N3OS.C19H20N4OS/c25-23-26-24(19-9-3-1-4-10-19,20-11-5-2-6-12-20)22(29)28(23)17-18-8-7-15-27(16-18)32(30,31)21-13-14-21;2*1-13-7-17(29-26-13)10-18-20(28)27(3)21(24)25-22(18,2)19-9-16(12-30-19)15-6-4-5-14(8-15)11-23;1-20(11-17(24)23(2)19(21)22-20)16-12-25-18-14(9-6-10-15(16)18)13-7-4-3-5-8-13;1-19(9-17(24)23(3)18(20)21-19)13-4-5-16-14(8-13)15(10-22(16)2)12-6-7-25-11-12/h1-6,9-12,18,21H,7-8,13-17H2,(H2,25,26);2*4-9,12,18H,10H2,1-3H3,(H2,24,25);3-10,12H,11H2,1-2H3,(H2,21,22);4-8,10-11H,9H2,1-3H3,(H2,20,21)/t18-;18-,22+;18-,22-;20-;19-/m01000/s1. The molecule has 35 heteroatoms. The quantitative estimate of drug-likeness (QED) is 0.0532. The molecular weight excluding hydrogens is 1880 g/mol. The number of hydrogen-bond donors (Lipinski definition) is 5. The number of nitrogens with two attached hydrogens (primary N) is 5. The van der Waals surface area contributed by atoms with Crippen molar-refractivity contribution in [3.8, 4) is 56.6 Å². The highest BCUT2D eigenvalue weighted by Gasteiger charge is 2.54. The second-order valence-electron chi connectivity index (χ2n) is 37.5. The van der Waals surface area contributed by atoms with E-state index >= 15 is 0 Å². The Kier molecular flexibility index (Phi) is 27.8. The van der Waals surface area contributed by atoms with Crippen LogP contribution in [0, 0.1) is 54.3 Å². The molecule has 7 aromatic carbocycles. The lowest BCUT2D eigenvalue weighted by atomic mass is 9.79. The normalized spacial score (nSPS) is 21.8. The summed E-state index contributed by atoms with van der Waals surface area (Å²) >= 11 is 6.43. The summed E-state index contributed by atoms with van der Waals surface area (Å²) in [6.07, 6.45) is 6.69. The van der Waals surface area contributed by atoms with Gasteiger partial charge in [-0.3, -0.25) is 48.5 Å². The van der Waals surface area contributed by atoms with Crippen molar-refractivity contribution in [3.63, 3.8) is 0 Å². The Labute approximate surface area is 839 Å². The lowest BCUT2D eigenvalue weighted by molar-refractivity contribution is -0.135. The van der Waals surface area contributed by atoms with Gasteiger partial charge in [0.2, 0.25) is 33.7 Å². The minimum absolute atomic E-state index is 0.00596. The van der Waals surface area contributed by atoms with Crippen LogP contribution in [-0.4, -0.2) is 165 Å². The van der Waals surface area contributed by atoms with Gasteiger partial charge in [-0.2, -0.15) is 21.9 Å². The van der Waals surface area contributed by atoms with Gasteiger partial charge in [-0.15, -0.1) is 34.0 Å². The number of carbonyl (C=O) groups excluding carboxylic acids is 5. The van der Waals surface area contributed by atoms with Gasteiger partial charge in [0.1, 0.15) is 22.6 Å². The molecule has 5 amide bonds. The number of thiophene rings is 4. The number of sulfonamides is 1. The zero-order chi connectivity index (χ0) is 101. The van der Waals surface area contributed by atoms with Crippen molar-refractivity contribution in [1.82, 2.24) is 43.7 Å². The second kappa shape index (κ2) is 40.0. The number of aliphatic imine (C=N–C) groups is 5. The summed E-state index contributed by atoms with van der Waals surface area (Å²) in [6.45, 7) is 12.9. The number of aromatic nitrogens is 3. The number of benzene rings is 7. The minimum Gasteiger partial charge on any atom is -0.369 e. The molecule has 7 atom stereocenters. The van der Waals surface area contributed by atoms with E-state index in [1.807, 2.05) is 192 Å². The Morgan fingerprint density at radius 2 is 0.986 bits per heavy atom. The van der Waals surface area contributed by atoms with Gasteiger partial charge in [-0.05, 0) is 221 Å². The lowest BCUT2D eigenvalue weighted by Crippen LogP contribution is -2.54. The molecule has 1 aliphatic carbocycles. The molecular formula is C107H109N21O9S5. The molecule has 30 nitrogen and oxygen atoms in total. The highest BCUT2D eigenvalue weighted by molar-refractivity contribution is 7.90. The van der Waals surface area contributed by atoms with Crippen molar-refractivity contribution in [2.24, 2.45) is 78.4 Å². The summed E-state index contributed by atoms with van der Waals surface area (Å²) in [5, 5.41) is 38.7. The molecule has 1 saturated carbocycles. The van der Waals surface area contributed by atoms with E-state index in [1.165, 1.54) is 74.6 Å². The van der Waals surface area contributed by atoms with E-state index in [4.69, 9.17) is 52.7 Å². The largest absolute Gasteiger partial charge is 0.369 e. The highest BCUT2D eigenvalue weighted by atomic mass is 32.2. The van der Waals surface area contributed by atoms with E-state index < -0.39 is 49.6 Å². The molecule has 0 bridgehead atoms. The van der Waals surface area contributed by atoms with Crippen molar-refractivity contribution >= 4 is 136 Å². The Balaban J connectivity index is 0.000000122. The molecule has 21 rings (SSSR count). The Morgan fingerprint density at radius 3 is 1.49 bits per heavy atom. The summed E-state index contributed by atoms with van der Waals surface area (Å²) in [6, 6.07) is 71.0. The predicted octanol–water partition coefficient (Wildman–Crippen LogP) is 16.4. The number of hydrogen-bond acceptors (Lipinski definition) is 27. The minimum atomic E-state index is -3.22. The average molecular weight is 1990 g/mol. The SMILES string of the molecule is CN1C(=O)C[C@@](C)(c2ccc3c(c2)c(-c2ccsc2)cn3C)N=C1N.CN1C(=O)C[C@@](C)(c2csc3c(-c4ccccc4)cccc23)N=C1N.Cc1cc(C[C@@H]2C(=O)N(C)C(N)=N[C@]2(C)c2cc(-c3cccc(C#N)c3)cs2)on1.Cc1cc(C[C@H]2C(=O)N(C)C(N)=N[C@]2(C)c2cc(-c3cccc(C#N)c3)cs2)on1.NC1=NC(c2ccccc2)(c2ccccc2)C(=O)N1C[C@H]1CCCN(S(=O)(=O)C2CC2)C1. The van der Waals surface area contributed by atoms with Crippen LogP contribution in [0.15, 0.2) is 273 Å². The fraction of sp³-hybridized carbons (Fsp3) is 0.290. The Hall–Kier alpha value is -14.9. The number of rotatable bonds is 18. The molecule has 6 aliphatic heterocycles. The van der Waals surface area contributed by atoms with E-state index in [9.17, 15) is 42.9 Å². The average Bonchev–Trinajstić information content (AvgIpc) is 1.57. The Bertz CT molecular complexity index is 7320. The summed E-state index contributed by atoms with van der Waals surface area (Å²) in [5.74, 6) is 1.01. The molecule has 0 radical (unpaired) electrons. The molecule has 14 aromatic rings. The van der Waals surface area contributed by atoms with Gasteiger partial charge in [-0.25, -0.2) is 37.7 Å². The number of fused-ring (bicyclic) bond motifs is 2. The van der Waals surface area contributed by atoms with Crippen molar-refractivity contribution in [1.29, 1.82) is 10.5 Å². The van der Waals surface area contributed by atoms with Gasteiger partial charge in [0.15, 0.2) is 35.3 Å². The summed E-state index contributed by atoms with van der Waals surface area (Å²) < 4.78 is 41.2. The third-order valence-corrected chi connectivity index (χ3v) is 34.0. The first-order chi connectivity index (χ1) is 67.9. The van der Waals surface area contributed by atoms with Crippen LogP contribution < -0.4 is 28.7 Å². The maximum atomic E-state index is 13.9. The number of guanidine groups is 5. The zero-order valence-electron chi connectivity index (χ0n) is 80.4. The van der Waals surface area contributed by atoms with Gasteiger partial charge in [0, 0.05) is 117 Å². The van der Waals surface area contributed by atoms with Crippen LogP contribution in [0.25, 0.3) is 65.5 Å². The lowest BCUT2D eigenvalue weighted by Gasteiger charge is -2.39. The van der Waals surface area contributed by atoms with Crippen LogP contribution >= 0.6 is 45.3 Å². The fourth-order valence-electron chi connectivity index (χ4n) is 19.2.